The number of benzene rings is 2. The first-order valence-electron chi connectivity index (χ1n) is 10.8. The van der Waals surface area contributed by atoms with Crippen LogP contribution in [-0.4, -0.2) is 46.2 Å². The molecule has 9 heteroatoms. The van der Waals surface area contributed by atoms with Gasteiger partial charge in [0.1, 0.15) is 18.1 Å². The second-order valence-electron chi connectivity index (χ2n) is 9.03. The quantitative estimate of drug-likeness (QED) is 0.526. The smallest absolute Gasteiger partial charge is 0.323 e. The third kappa shape index (κ3) is 4.52. The molecule has 0 saturated heterocycles. The molecule has 1 atom stereocenters. The number of thioether (sulfide) groups is 1. The zero-order valence-corrected chi connectivity index (χ0v) is 21.0. The number of nitrogens with zero attached hydrogens (tertiary/aromatic N) is 3. The fourth-order valence-electron chi connectivity index (χ4n) is 4.05. The monoisotopic (exact) mass is 499 g/mol. The maximum atomic E-state index is 13.3. The van der Waals surface area contributed by atoms with E-state index in [0.717, 1.165) is 16.8 Å². The fraction of sp³-hybridized carbons (Fsp3) is 0.320. The maximum absolute atomic E-state index is 13.3. The molecule has 1 aliphatic heterocycles. The molecular formula is C25H26ClN3O4S. The third-order valence-corrected chi connectivity index (χ3v) is 7.18. The minimum Gasteiger partial charge on any atom is -0.497 e. The highest BCUT2D eigenvalue weighted by molar-refractivity contribution is 8.00. The zero-order chi connectivity index (χ0) is 24.6. The second-order valence-corrected chi connectivity index (χ2v) is 10.5. The molecule has 1 N–H and O–H groups in total. The molecule has 2 heterocycles. The number of carbonyl (C=O) groups excluding carboxylic acids is 1. The normalized spacial score (nSPS) is 16.2. The molecule has 0 saturated carbocycles. The Hall–Kier alpha value is -2.97. The highest BCUT2D eigenvalue weighted by Crippen LogP contribution is 2.49. The van der Waals surface area contributed by atoms with Crippen molar-refractivity contribution in [3.8, 4) is 11.4 Å². The summed E-state index contributed by atoms with van der Waals surface area (Å²) in [6, 6.07) is 14.8. The number of halogens is 1. The molecule has 0 radical (unpaired) electrons. The Morgan fingerprint density at radius 3 is 2.47 bits per heavy atom. The lowest BCUT2D eigenvalue weighted by Crippen LogP contribution is -2.38. The summed E-state index contributed by atoms with van der Waals surface area (Å²) in [6.45, 7) is 5.69. The highest BCUT2D eigenvalue weighted by Gasteiger charge is 2.40. The minimum atomic E-state index is -1.10. The van der Waals surface area contributed by atoms with Crippen LogP contribution in [0.5, 0.6) is 5.75 Å². The first-order chi connectivity index (χ1) is 16.1. The number of carboxylic acids is 1. The van der Waals surface area contributed by atoms with Crippen LogP contribution in [0.1, 0.15) is 42.8 Å². The van der Waals surface area contributed by atoms with Gasteiger partial charge < -0.3 is 9.84 Å². The molecule has 0 fully saturated rings. The Kier molecular flexibility index (Phi) is 6.64. The van der Waals surface area contributed by atoms with Gasteiger partial charge >= 0.3 is 5.97 Å². The Morgan fingerprint density at radius 1 is 1.21 bits per heavy atom. The summed E-state index contributed by atoms with van der Waals surface area (Å²) in [4.78, 5) is 26.4. The van der Waals surface area contributed by atoms with Crippen LogP contribution in [0.4, 0.5) is 5.82 Å². The first-order valence-corrected chi connectivity index (χ1v) is 12.2. The molecule has 1 aliphatic rings. The van der Waals surface area contributed by atoms with Gasteiger partial charge in [0.25, 0.3) is 0 Å². The Bertz CT molecular complexity index is 1230. The summed E-state index contributed by atoms with van der Waals surface area (Å²) in [5.74, 6) is -0.138. The molecule has 2 aromatic carbocycles. The molecular weight excluding hydrogens is 474 g/mol. The number of anilines is 1. The van der Waals surface area contributed by atoms with Gasteiger partial charge in [-0.1, -0.05) is 50.6 Å². The Morgan fingerprint density at radius 2 is 1.88 bits per heavy atom. The number of carbonyl (C=O) groups is 2. The van der Waals surface area contributed by atoms with Crippen LogP contribution in [0.3, 0.4) is 0 Å². The number of methoxy groups -OCH3 is 1. The van der Waals surface area contributed by atoms with Crippen LogP contribution < -0.4 is 9.64 Å². The lowest BCUT2D eigenvalue weighted by Gasteiger charge is -2.24. The van der Waals surface area contributed by atoms with Gasteiger partial charge in [0.05, 0.1) is 29.5 Å². The summed E-state index contributed by atoms with van der Waals surface area (Å²) in [5.41, 5.74) is 2.75. The molecule has 178 valence electrons. The van der Waals surface area contributed by atoms with Gasteiger partial charge in [0.2, 0.25) is 5.91 Å². The van der Waals surface area contributed by atoms with Gasteiger partial charge in [-0.25, -0.2) is 4.68 Å². The van der Waals surface area contributed by atoms with Crippen LogP contribution in [0, 0.1) is 0 Å². The van der Waals surface area contributed by atoms with Crippen molar-refractivity contribution in [1.29, 1.82) is 0 Å². The predicted molar refractivity (Wildman–Crippen MR) is 135 cm³/mol. The number of fused-ring (bicyclic) bond motifs is 1. The van der Waals surface area contributed by atoms with Gasteiger partial charge in [-0.2, -0.15) is 5.10 Å². The number of aromatic nitrogens is 2. The average Bonchev–Trinajstić information content (AvgIpc) is 3.13. The molecule has 1 aromatic heterocycles. The van der Waals surface area contributed by atoms with E-state index in [1.54, 1.807) is 23.9 Å². The summed E-state index contributed by atoms with van der Waals surface area (Å²) in [7, 11) is 1.59. The topological polar surface area (TPSA) is 84.7 Å². The van der Waals surface area contributed by atoms with Crippen LogP contribution in [0.2, 0.25) is 5.02 Å². The van der Waals surface area contributed by atoms with Crippen molar-refractivity contribution in [2.24, 2.45) is 0 Å². The first kappa shape index (κ1) is 24.2. The number of hydrogen-bond donors (Lipinski definition) is 1. The molecule has 1 unspecified atom stereocenters. The van der Waals surface area contributed by atoms with Crippen molar-refractivity contribution in [3.05, 3.63) is 70.4 Å². The van der Waals surface area contributed by atoms with E-state index in [0.29, 0.717) is 22.3 Å². The van der Waals surface area contributed by atoms with Crippen molar-refractivity contribution in [2.45, 2.75) is 31.4 Å². The van der Waals surface area contributed by atoms with E-state index in [4.69, 9.17) is 21.4 Å². The average molecular weight is 500 g/mol. The van der Waals surface area contributed by atoms with Gasteiger partial charge in [-0.3, -0.25) is 14.5 Å². The van der Waals surface area contributed by atoms with Crippen LogP contribution in [0.25, 0.3) is 5.69 Å². The summed E-state index contributed by atoms with van der Waals surface area (Å²) >= 11 is 8.05. The molecule has 7 nitrogen and oxygen atoms in total. The highest BCUT2D eigenvalue weighted by atomic mass is 35.5. The van der Waals surface area contributed by atoms with E-state index in [9.17, 15) is 14.7 Å². The van der Waals surface area contributed by atoms with Crippen LogP contribution >= 0.6 is 23.4 Å². The van der Waals surface area contributed by atoms with E-state index in [1.165, 1.54) is 16.7 Å². The minimum absolute atomic E-state index is 0.115. The van der Waals surface area contributed by atoms with Gasteiger partial charge in [0.15, 0.2) is 0 Å². The standard InChI is InChI=1S/C25H26ClN3O4S/c1-25(2,3)23-21-22(17-7-5-6-8-18(17)26)34-14-19(30)28(13-20(31)32)24(21)29(27-23)15-9-11-16(33-4)12-10-15/h5-12,22H,13-14H2,1-4H3,(H,31,32). The molecule has 0 spiro atoms. The number of rotatable bonds is 5. The number of ether oxygens (including phenoxy) is 1. The lowest BCUT2D eigenvalue weighted by molar-refractivity contribution is -0.136. The van der Waals surface area contributed by atoms with Crippen molar-refractivity contribution in [1.82, 2.24) is 9.78 Å². The molecule has 0 aliphatic carbocycles. The van der Waals surface area contributed by atoms with Crippen molar-refractivity contribution < 1.29 is 19.4 Å². The summed E-state index contributed by atoms with van der Waals surface area (Å²) in [5, 5.41) is 14.9. The van der Waals surface area contributed by atoms with Crippen molar-refractivity contribution in [3.63, 3.8) is 0 Å². The predicted octanol–water partition coefficient (Wildman–Crippen LogP) is 5.09. The molecule has 1 amide bonds. The number of hydrogen-bond acceptors (Lipinski definition) is 5. The number of carboxylic acid groups (broad SMARTS) is 1. The van der Waals surface area contributed by atoms with Crippen LogP contribution in [-0.2, 0) is 15.0 Å². The van der Waals surface area contributed by atoms with Gasteiger partial charge in [0, 0.05) is 16.0 Å². The number of aliphatic carboxylic acids is 1. The molecule has 4 rings (SSSR count). The van der Waals surface area contributed by atoms with Gasteiger partial charge in [-0.15, -0.1) is 11.8 Å². The van der Waals surface area contributed by atoms with Crippen molar-refractivity contribution in [2.75, 3.05) is 24.3 Å². The summed E-state index contributed by atoms with van der Waals surface area (Å²) < 4.78 is 6.96. The van der Waals surface area contributed by atoms with E-state index < -0.39 is 12.5 Å². The Balaban J connectivity index is 2.06. The largest absolute Gasteiger partial charge is 0.497 e. The number of amides is 1. The summed E-state index contributed by atoms with van der Waals surface area (Å²) in [6.07, 6.45) is 0. The molecule has 3 aromatic rings. The van der Waals surface area contributed by atoms with Crippen molar-refractivity contribution >= 4 is 41.1 Å². The van der Waals surface area contributed by atoms with E-state index in [1.807, 2.05) is 36.4 Å². The third-order valence-electron chi connectivity index (χ3n) is 5.60. The SMILES string of the molecule is COc1ccc(-n2nc(C(C)(C)C)c3c2N(CC(=O)O)C(=O)CSC3c2ccccc2Cl)cc1. The Labute approximate surface area is 207 Å². The fourth-order valence-corrected chi connectivity index (χ4v) is 5.59. The zero-order valence-electron chi connectivity index (χ0n) is 19.4. The van der Waals surface area contributed by atoms with Gasteiger partial charge in [-0.05, 0) is 35.9 Å². The van der Waals surface area contributed by atoms with E-state index in [2.05, 4.69) is 20.8 Å². The van der Waals surface area contributed by atoms with E-state index >= 15 is 0 Å². The maximum Gasteiger partial charge on any atom is 0.323 e. The second kappa shape index (κ2) is 9.35. The molecule has 0 bridgehead atoms. The van der Waals surface area contributed by atoms with E-state index in [-0.39, 0.29) is 22.3 Å². The lowest BCUT2D eigenvalue weighted by atomic mass is 9.87. The van der Waals surface area contributed by atoms with Crippen LogP contribution in [0.15, 0.2) is 48.5 Å². The molecule has 34 heavy (non-hydrogen) atoms.